The lowest BCUT2D eigenvalue weighted by Gasteiger charge is -2.27. The molecular weight excluding hydrogens is 339 g/mol. The zero-order chi connectivity index (χ0) is 12.8. The van der Waals surface area contributed by atoms with Gasteiger partial charge >= 0.3 is 5.97 Å². The molecule has 98 valence electrons. The lowest BCUT2D eigenvalue weighted by molar-refractivity contribution is -0.159. The lowest BCUT2D eigenvalue weighted by atomic mass is 9.97. The van der Waals surface area contributed by atoms with Gasteiger partial charge in [0, 0.05) is 0 Å². The monoisotopic (exact) mass is 356 g/mol. The van der Waals surface area contributed by atoms with Crippen molar-refractivity contribution in [2.75, 3.05) is 6.61 Å². The number of rotatable bonds is 2. The number of alkyl halides is 1. The molecule has 0 aromatic rings. The fraction of sp³-hybridized carbons (Fsp3) is 0.909. The summed E-state index contributed by atoms with van der Waals surface area (Å²) in [7, 11) is 0. The van der Waals surface area contributed by atoms with Crippen LogP contribution in [-0.4, -0.2) is 46.2 Å². The molecule has 0 aromatic heterocycles. The number of halogens is 1. The Morgan fingerprint density at radius 3 is 2.53 bits per heavy atom. The van der Waals surface area contributed by atoms with Crippen molar-refractivity contribution < 1.29 is 24.1 Å². The third kappa shape index (κ3) is 2.59. The molecule has 2 rings (SSSR count). The van der Waals surface area contributed by atoms with E-state index >= 15 is 0 Å². The number of hydrogen-bond acceptors (Lipinski definition) is 5. The Morgan fingerprint density at radius 1 is 1.41 bits per heavy atom. The summed E-state index contributed by atoms with van der Waals surface area (Å²) >= 11 is 2.11. The SMILES string of the molecule is CC(C)(C)C(=O)OC[C@H]1O[C@H]2O[C@@H]1[C@H](O)[C@H]2I. The molecule has 2 fully saturated rings. The molecule has 0 unspecified atom stereocenters. The minimum absolute atomic E-state index is 0.0489. The highest BCUT2D eigenvalue weighted by molar-refractivity contribution is 14.1. The van der Waals surface area contributed by atoms with E-state index < -0.39 is 11.5 Å². The Kier molecular flexibility index (Phi) is 3.69. The van der Waals surface area contributed by atoms with Crippen LogP contribution >= 0.6 is 22.6 Å². The van der Waals surface area contributed by atoms with Crippen LogP contribution < -0.4 is 0 Å². The van der Waals surface area contributed by atoms with E-state index in [4.69, 9.17) is 14.2 Å². The minimum Gasteiger partial charge on any atom is -0.462 e. The van der Waals surface area contributed by atoms with Crippen LogP contribution in [0.1, 0.15) is 20.8 Å². The second-order valence-electron chi connectivity index (χ2n) is 5.43. The van der Waals surface area contributed by atoms with Gasteiger partial charge in [0.25, 0.3) is 0 Å². The normalized spacial score (nSPS) is 40.6. The number of aliphatic hydroxyl groups is 1. The average molecular weight is 356 g/mol. The smallest absolute Gasteiger partial charge is 0.311 e. The van der Waals surface area contributed by atoms with E-state index in [-0.39, 0.29) is 35.0 Å². The molecular formula is C11H17IO5. The van der Waals surface area contributed by atoms with Crippen LogP contribution in [0, 0.1) is 5.41 Å². The van der Waals surface area contributed by atoms with Gasteiger partial charge in [-0.3, -0.25) is 4.79 Å². The van der Waals surface area contributed by atoms with E-state index in [0.717, 1.165) is 0 Å². The summed E-state index contributed by atoms with van der Waals surface area (Å²) in [5.74, 6) is -0.274. The molecule has 2 aliphatic rings. The second-order valence-corrected chi connectivity index (χ2v) is 6.87. The number of ether oxygens (including phenoxy) is 3. The first kappa shape index (κ1) is 13.5. The molecule has 0 spiro atoms. The van der Waals surface area contributed by atoms with Crippen LogP contribution in [0.4, 0.5) is 0 Å². The number of aliphatic hydroxyl groups excluding tert-OH is 1. The number of fused-ring (bicyclic) bond motifs is 2. The van der Waals surface area contributed by atoms with Crippen molar-refractivity contribution in [2.45, 2.75) is 49.3 Å². The highest BCUT2D eigenvalue weighted by atomic mass is 127. The third-order valence-electron chi connectivity index (χ3n) is 2.88. The van der Waals surface area contributed by atoms with Gasteiger partial charge in [-0.2, -0.15) is 0 Å². The summed E-state index contributed by atoms with van der Waals surface area (Å²) < 4.78 is 16.1. The molecule has 0 amide bonds. The number of esters is 1. The van der Waals surface area contributed by atoms with Gasteiger partial charge in [0.2, 0.25) is 0 Å². The molecule has 0 aliphatic carbocycles. The minimum atomic E-state index is -0.548. The summed E-state index contributed by atoms with van der Waals surface area (Å²) in [5.41, 5.74) is -0.525. The van der Waals surface area contributed by atoms with Gasteiger partial charge in [0.1, 0.15) is 18.8 Å². The van der Waals surface area contributed by atoms with Crippen molar-refractivity contribution in [3.05, 3.63) is 0 Å². The van der Waals surface area contributed by atoms with Crippen LogP contribution in [0.25, 0.3) is 0 Å². The van der Waals surface area contributed by atoms with Crippen LogP contribution in [-0.2, 0) is 19.0 Å². The Hall–Kier alpha value is 0.0800. The number of carbonyl (C=O) groups is 1. The largest absolute Gasteiger partial charge is 0.462 e. The molecule has 2 heterocycles. The Bertz CT molecular complexity index is 311. The molecule has 5 nitrogen and oxygen atoms in total. The quantitative estimate of drug-likeness (QED) is 0.452. The van der Waals surface area contributed by atoms with Crippen molar-refractivity contribution in [1.82, 2.24) is 0 Å². The van der Waals surface area contributed by atoms with Crippen LogP contribution in [0.3, 0.4) is 0 Å². The molecule has 0 aromatic carbocycles. The highest BCUT2D eigenvalue weighted by Crippen LogP contribution is 2.38. The van der Waals surface area contributed by atoms with Crippen LogP contribution in [0.2, 0.25) is 0 Å². The molecule has 0 radical (unpaired) electrons. The fourth-order valence-corrected chi connectivity index (χ4v) is 2.57. The van der Waals surface area contributed by atoms with Gasteiger partial charge in [0.15, 0.2) is 6.29 Å². The van der Waals surface area contributed by atoms with Crippen molar-refractivity contribution >= 4 is 28.6 Å². The summed E-state index contributed by atoms with van der Waals surface area (Å²) in [6, 6.07) is 0. The molecule has 2 bridgehead atoms. The standard InChI is InChI=1S/C11H17IO5/c1-11(2,3)10(14)15-4-5-8-7(13)6(12)9(16-5)17-8/h5-9,13H,4H2,1-3H3/t5-,6-,7-,8+,9+/m1/s1. The summed E-state index contributed by atoms with van der Waals surface area (Å²) in [6.07, 6.45) is -1.66. The summed E-state index contributed by atoms with van der Waals surface area (Å²) in [4.78, 5) is 11.6. The van der Waals surface area contributed by atoms with Gasteiger partial charge in [-0.1, -0.05) is 22.6 Å². The molecule has 2 saturated heterocycles. The van der Waals surface area contributed by atoms with Crippen molar-refractivity contribution in [3.8, 4) is 0 Å². The van der Waals surface area contributed by atoms with E-state index in [1.54, 1.807) is 20.8 Å². The van der Waals surface area contributed by atoms with Gasteiger partial charge in [-0.25, -0.2) is 0 Å². The van der Waals surface area contributed by atoms with Crippen LogP contribution in [0.15, 0.2) is 0 Å². The zero-order valence-corrected chi connectivity index (χ0v) is 12.2. The maximum atomic E-state index is 11.6. The number of hydrogen-bond donors (Lipinski definition) is 1. The number of carbonyl (C=O) groups excluding carboxylic acids is 1. The van der Waals surface area contributed by atoms with Gasteiger partial charge in [-0.15, -0.1) is 0 Å². The Morgan fingerprint density at radius 2 is 2.06 bits per heavy atom. The van der Waals surface area contributed by atoms with E-state index in [0.29, 0.717) is 0 Å². The average Bonchev–Trinajstić information content (AvgIpc) is 2.75. The molecule has 5 atom stereocenters. The molecule has 17 heavy (non-hydrogen) atoms. The zero-order valence-electron chi connectivity index (χ0n) is 10.1. The molecule has 0 saturated carbocycles. The second kappa shape index (κ2) is 4.64. The maximum Gasteiger partial charge on any atom is 0.311 e. The summed E-state index contributed by atoms with van der Waals surface area (Å²) in [5, 5.41) is 9.83. The van der Waals surface area contributed by atoms with Gasteiger partial charge < -0.3 is 19.3 Å². The predicted octanol–water partition coefficient (Wildman–Crippen LogP) is 0.864. The molecule has 6 heteroatoms. The molecule has 2 aliphatic heterocycles. The summed E-state index contributed by atoms with van der Waals surface area (Å²) in [6.45, 7) is 5.52. The van der Waals surface area contributed by atoms with E-state index in [9.17, 15) is 9.90 Å². The first-order valence-electron chi connectivity index (χ1n) is 5.61. The van der Waals surface area contributed by atoms with Crippen molar-refractivity contribution in [2.24, 2.45) is 5.41 Å². The predicted molar refractivity (Wildman–Crippen MR) is 67.8 cm³/mol. The highest BCUT2D eigenvalue weighted by Gasteiger charge is 2.54. The Labute approximate surface area is 114 Å². The Balaban J connectivity index is 1.85. The van der Waals surface area contributed by atoms with E-state index in [1.165, 1.54) is 0 Å². The van der Waals surface area contributed by atoms with Gasteiger partial charge in [-0.05, 0) is 20.8 Å². The van der Waals surface area contributed by atoms with E-state index in [2.05, 4.69) is 22.6 Å². The van der Waals surface area contributed by atoms with Crippen LogP contribution in [0.5, 0.6) is 0 Å². The van der Waals surface area contributed by atoms with E-state index in [1.807, 2.05) is 0 Å². The maximum absolute atomic E-state index is 11.6. The third-order valence-corrected chi connectivity index (χ3v) is 4.20. The topological polar surface area (TPSA) is 65.0 Å². The first-order valence-corrected chi connectivity index (χ1v) is 6.85. The first-order chi connectivity index (χ1) is 7.80. The molecule has 1 N–H and O–H groups in total. The van der Waals surface area contributed by atoms with Crippen molar-refractivity contribution in [1.29, 1.82) is 0 Å². The van der Waals surface area contributed by atoms with Crippen molar-refractivity contribution in [3.63, 3.8) is 0 Å². The fourth-order valence-electron chi connectivity index (χ4n) is 1.83. The lowest BCUT2D eigenvalue weighted by Crippen LogP contribution is -2.45. The van der Waals surface area contributed by atoms with Gasteiger partial charge in [0.05, 0.1) is 15.4 Å².